The molecule has 0 radical (unpaired) electrons. The summed E-state index contributed by atoms with van der Waals surface area (Å²) in [6, 6.07) is 13.8. The Bertz CT molecular complexity index is 1090. The number of carbonyl (C=O) groups excluding carboxylic acids is 1. The number of rotatable bonds is 5. The topological polar surface area (TPSA) is 67.4 Å². The normalized spacial score (nSPS) is 18.9. The van der Waals surface area contributed by atoms with Crippen molar-refractivity contribution in [3.05, 3.63) is 53.6 Å². The molecule has 0 unspecified atom stereocenters. The number of hydrogen-bond acceptors (Lipinski definition) is 6. The van der Waals surface area contributed by atoms with E-state index in [1.165, 1.54) is 11.8 Å². The molecule has 2 atom stereocenters. The van der Waals surface area contributed by atoms with Gasteiger partial charge in [-0.05, 0) is 57.0 Å². The number of hydrogen-bond donors (Lipinski definition) is 1. The van der Waals surface area contributed by atoms with Gasteiger partial charge in [-0.3, -0.25) is 4.79 Å². The Morgan fingerprint density at radius 3 is 2.45 bits per heavy atom. The SMILES string of the molecule is Cc1cccc(NC(=O)CSc2nc3ccccc3nc2N2C[C@@H](C)O[C@H](C)C2)c1C. The molecule has 2 heterocycles. The summed E-state index contributed by atoms with van der Waals surface area (Å²) in [4.78, 5) is 24.7. The monoisotopic (exact) mass is 436 g/mol. The molecule has 0 spiro atoms. The van der Waals surface area contributed by atoms with Gasteiger partial charge in [0.25, 0.3) is 0 Å². The molecule has 1 aromatic heterocycles. The maximum absolute atomic E-state index is 12.7. The third-order valence-electron chi connectivity index (χ3n) is 5.46. The summed E-state index contributed by atoms with van der Waals surface area (Å²) in [5.41, 5.74) is 4.78. The average Bonchev–Trinajstić information content (AvgIpc) is 2.74. The van der Waals surface area contributed by atoms with Crippen LogP contribution in [0, 0.1) is 13.8 Å². The molecule has 1 fully saturated rings. The smallest absolute Gasteiger partial charge is 0.234 e. The van der Waals surface area contributed by atoms with Gasteiger partial charge in [-0.2, -0.15) is 0 Å². The third kappa shape index (κ3) is 4.99. The van der Waals surface area contributed by atoms with Crippen molar-refractivity contribution in [2.75, 3.05) is 29.1 Å². The van der Waals surface area contributed by atoms with Gasteiger partial charge < -0.3 is 15.0 Å². The van der Waals surface area contributed by atoms with Crippen molar-refractivity contribution in [2.24, 2.45) is 0 Å². The summed E-state index contributed by atoms with van der Waals surface area (Å²) in [7, 11) is 0. The van der Waals surface area contributed by atoms with E-state index in [1.807, 2.05) is 56.3 Å². The van der Waals surface area contributed by atoms with E-state index in [9.17, 15) is 4.79 Å². The van der Waals surface area contributed by atoms with Gasteiger partial charge in [-0.15, -0.1) is 0 Å². The highest BCUT2D eigenvalue weighted by Crippen LogP contribution is 2.31. The zero-order valence-electron chi connectivity index (χ0n) is 18.4. The van der Waals surface area contributed by atoms with Gasteiger partial charge >= 0.3 is 0 Å². The van der Waals surface area contributed by atoms with E-state index in [2.05, 4.69) is 24.1 Å². The molecule has 162 valence electrons. The second-order valence-corrected chi connectivity index (χ2v) is 9.05. The molecule has 6 nitrogen and oxygen atoms in total. The molecular formula is C24H28N4O2S. The number of morpholine rings is 1. The average molecular weight is 437 g/mol. The first-order valence-corrected chi connectivity index (χ1v) is 11.6. The number of nitrogens with one attached hydrogen (secondary N) is 1. The summed E-state index contributed by atoms with van der Waals surface area (Å²) in [6.07, 6.45) is 0.227. The molecule has 0 aliphatic carbocycles. The first-order chi connectivity index (χ1) is 14.9. The fourth-order valence-corrected chi connectivity index (χ4v) is 4.64. The minimum Gasteiger partial charge on any atom is -0.372 e. The van der Waals surface area contributed by atoms with Crippen LogP contribution in [-0.2, 0) is 9.53 Å². The van der Waals surface area contributed by atoms with Crippen LogP contribution < -0.4 is 10.2 Å². The van der Waals surface area contributed by atoms with Crippen LogP contribution in [0.2, 0.25) is 0 Å². The lowest BCUT2D eigenvalue weighted by Crippen LogP contribution is -2.46. The van der Waals surface area contributed by atoms with E-state index >= 15 is 0 Å². The van der Waals surface area contributed by atoms with E-state index in [4.69, 9.17) is 14.7 Å². The predicted molar refractivity (Wildman–Crippen MR) is 127 cm³/mol. The van der Waals surface area contributed by atoms with Crippen LogP contribution in [0.15, 0.2) is 47.5 Å². The Balaban J connectivity index is 1.57. The quantitative estimate of drug-likeness (QED) is 0.590. The highest BCUT2D eigenvalue weighted by atomic mass is 32.2. The first-order valence-electron chi connectivity index (χ1n) is 10.6. The zero-order valence-corrected chi connectivity index (χ0v) is 19.2. The maximum Gasteiger partial charge on any atom is 0.234 e. The summed E-state index contributed by atoms with van der Waals surface area (Å²) in [5.74, 6) is 1.04. The minimum absolute atomic E-state index is 0.0525. The van der Waals surface area contributed by atoms with E-state index in [0.717, 1.165) is 51.8 Å². The number of ether oxygens (including phenoxy) is 1. The fraction of sp³-hybridized carbons (Fsp3) is 0.375. The molecule has 0 saturated carbocycles. The highest BCUT2D eigenvalue weighted by Gasteiger charge is 2.26. The molecule has 1 saturated heterocycles. The van der Waals surface area contributed by atoms with E-state index in [1.54, 1.807) is 0 Å². The third-order valence-corrected chi connectivity index (χ3v) is 6.41. The van der Waals surface area contributed by atoms with Crippen LogP contribution >= 0.6 is 11.8 Å². The molecule has 0 bridgehead atoms. The molecule has 1 N–H and O–H groups in total. The largest absolute Gasteiger partial charge is 0.372 e. The number of para-hydroxylation sites is 2. The number of anilines is 2. The first kappa shape index (κ1) is 21.6. The van der Waals surface area contributed by atoms with Crippen LogP contribution in [0.3, 0.4) is 0 Å². The van der Waals surface area contributed by atoms with Gasteiger partial charge in [0.1, 0.15) is 5.03 Å². The Labute approximate surface area is 187 Å². The van der Waals surface area contributed by atoms with Crippen molar-refractivity contribution >= 4 is 40.2 Å². The molecule has 1 aliphatic heterocycles. The zero-order chi connectivity index (χ0) is 22.0. The lowest BCUT2D eigenvalue weighted by Gasteiger charge is -2.36. The number of fused-ring (bicyclic) bond motifs is 1. The van der Waals surface area contributed by atoms with Crippen LogP contribution in [0.4, 0.5) is 11.5 Å². The predicted octanol–water partition coefficient (Wildman–Crippen LogP) is 4.59. The number of thioether (sulfide) groups is 1. The Kier molecular flexibility index (Phi) is 6.43. The summed E-state index contributed by atoms with van der Waals surface area (Å²) < 4.78 is 5.89. The highest BCUT2D eigenvalue weighted by molar-refractivity contribution is 8.00. The Morgan fingerprint density at radius 1 is 1.06 bits per heavy atom. The lowest BCUT2D eigenvalue weighted by atomic mass is 10.1. The minimum atomic E-state index is -0.0525. The number of aromatic nitrogens is 2. The number of benzene rings is 2. The van der Waals surface area contributed by atoms with Gasteiger partial charge in [0.05, 0.1) is 29.0 Å². The lowest BCUT2D eigenvalue weighted by molar-refractivity contribution is -0.113. The van der Waals surface area contributed by atoms with Crippen LogP contribution in [0.5, 0.6) is 0 Å². The second-order valence-electron chi connectivity index (χ2n) is 8.09. The number of amides is 1. The second kappa shape index (κ2) is 9.24. The van der Waals surface area contributed by atoms with Gasteiger partial charge in [0.2, 0.25) is 5.91 Å². The van der Waals surface area contributed by atoms with E-state index < -0.39 is 0 Å². The van der Waals surface area contributed by atoms with Crippen molar-refractivity contribution in [1.82, 2.24) is 9.97 Å². The fourth-order valence-electron chi connectivity index (χ4n) is 3.83. The van der Waals surface area contributed by atoms with Crippen LogP contribution in [0.25, 0.3) is 11.0 Å². The molecule has 7 heteroatoms. The van der Waals surface area contributed by atoms with E-state index in [0.29, 0.717) is 0 Å². The summed E-state index contributed by atoms with van der Waals surface area (Å²) in [6.45, 7) is 9.70. The molecular weight excluding hydrogens is 408 g/mol. The maximum atomic E-state index is 12.7. The molecule has 31 heavy (non-hydrogen) atoms. The molecule has 3 aromatic rings. The van der Waals surface area contributed by atoms with Crippen molar-refractivity contribution < 1.29 is 9.53 Å². The Hall–Kier alpha value is -2.64. The van der Waals surface area contributed by atoms with Crippen molar-refractivity contribution in [2.45, 2.75) is 44.9 Å². The van der Waals surface area contributed by atoms with Gasteiger partial charge in [-0.1, -0.05) is 36.0 Å². The summed E-state index contributed by atoms with van der Waals surface area (Å²) >= 11 is 1.43. The molecule has 2 aromatic carbocycles. The van der Waals surface area contributed by atoms with Crippen LogP contribution in [-0.4, -0.2) is 46.9 Å². The molecule has 4 rings (SSSR count). The standard InChI is InChI=1S/C24H28N4O2S/c1-15-8-7-11-19(18(15)4)25-22(29)14-31-24-23(28-12-16(2)30-17(3)13-28)26-20-9-5-6-10-21(20)27-24/h5-11,16-17H,12-14H2,1-4H3,(H,25,29)/t16-,17-/m1/s1. The van der Waals surface area contributed by atoms with Gasteiger partial charge in [0, 0.05) is 18.8 Å². The van der Waals surface area contributed by atoms with Crippen molar-refractivity contribution in [3.8, 4) is 0 Å². The van der Waals surface area contributed by atoms with Crippen LogP contribution in [0.1, 0.15) is 25.0 Å². The Morgan fingerprint density at radius 2 is 1.74 bits per heavy atom. The van der Waals surface area contributed by atoms with E-state index in [-0.39, 0.29) is 23.9 Å². The van der Waals surface area contributed by atoms with Gasteiger partial charge in [-0.25, -0.2) is 9.97 Å². The number of aryl methyl sites for hydroxylation is 1. The molecule has 1 aliphatic rings. The van der Waals surface area contributed by atoms with Gasteiger partial charge in [0.15, 0.2) is 5.82 Å². The van der Waals surface area contributed by atoms with Crippen molar-refractivity contribution in [1.29, 1.82) is 0 Å². The molecule has 1 amide bonds. The number of nitrogens with zero attached hydrogens (tertiary/aromatic N) is 3. The van der Waals surface area contributed by atoms with Crippen molar-refractivity contribution in [3.63, 3.8) is 0 Å². The summed E-state index contributed by atoms with van der Waals surface area (Å²) in [5, 5.41) is 3.80. The number of carbonyl (C=O) groups is 1.